The zero-order chi connectivity index (χ0) is 26.5. The number of amides is 2. The lowest BCUT2D eigenvalue weighted by atomic mass is 9.82. The first-order valence-corrected chi connectivity index (χ1v) is 16.3. The van der Waals surface area contributed by atoms with E-state index in [1.54, 1.807) is 35.0 Å². The zero-order valence-corrected chi connectivity index (χ0v) is 23.2. The summed E-state index contributed by atoms with van der Waals surface area (Å²) in [6.45, 7) is 5.96. The molecule has 37 heavy (non-hydrogen) atoms. The molecular weight excluding hydrogens is 511 g/mol. The molecule has 0 bridgehead atoms. The van der Waals surface area contributed by atoms with Crippen LogP contribution in [-0.4, -0.2) is 55.5 Å². The maximum absolute atomic E-state index is 16.0. The van der Waals surface area contributed by atoms with Gasteiger partial charge in [0, 0.05) is 28.6 Å². The van der Waals surface area contributed by atoms with E-state index in [-0.39, 0.29) is 30.9 Å². The highest BCUT2D eigenvalue weighted by molar-refractivity contribution is 6.72. The van der Waals surface area contributed by atoms with Crippen LogP contribution in [0.25, 0.3) is 0 Å². The lowest BCUT2D eigenvalue weighted by Gasteiger charge is -2.31. The number of carbonyl (C=O) groups excluding carboxylic acids is 2. The van der Waals surface area contributed by atoms with Gasteiger partial charge in [-0.1, -0.05) is 48.9 Å². The number of ether oxygens (including phenoxy) is 1. The topological polar surface area (TPSA) is 70.1 Å². The maximum Gasteiger partial charge on any atom is 0.264 e. The molecule has 0 unspecified atom stereocenters. The van der Waals surface area contributed by atoms with Crippen LogP contribution in [0.15, 0.2) is 48.5 Å². The summed E-state index contributed by atoms with van der Waals surface area (Å²) in [6.07, 6.45) is 0.811. The van der Waals surface area contributed by atoms with Crippen molar-refractivity contribution in [3.8, 4) is 0 Å². The molecule has 2 fully saturated rings. The highest BCUT2D eigenvalue weighted by atomic mass is 35.5. The van der Waals surface area contributed by atoms with Gasteiger partial charge < -0.3 is 23.8 Å². The number of likely N-dealkylation sites (tertiary alicyclic amines) is 1. The van der Waals surface area contributed by atoms with Crippen LogP contribution in [-0.2, 0) is 26.5 Å². The molecule has 0 aliphatic carbocycles. The van der Waals surface area contributed by atoms with Gasteiger partial charge in [-0.2, -0.15) is 0 Å². The van der Waals surface area contributed by atoms with Gasteiger partial charge in [0.2, 0.25) is 14.3 Å². The Bertz CT molecular complexity index is 1190. The summed E-state index contributed by atoms with van der Waals surface area (Å²) in [5, 5.41) is 10.2. The van der Waals surface area contributed by atoms with Crippen molar-refractivity contribution in [1.82, 2.24) is 4.90 Å². The van der Waals surface area contributed by atoms with Gasteiger partial charge in [0.25, 0.3) is 5.91 Å². The van der Waals surface area contributed by atoms with Crippen LogP contribution in [0.3, 0.4) is 0 Å². The predicted molar refractivity (Wildman–Crippen MR) is 144 cm³/mol. The summed E-state index contributed by atoms with van der Waals surface area (Å²) in [5.74, 6) is -0.893. The second-order valence-electron chi connectivity index (χ2n) is 11.1. The number of nitrogens with zero attached hydrogens (tertiary/aromatic N) is 2. The molecule has 2 saturated heterocycles. The van der Waals surface area contributed by atoms with Crippen molar-refractivity contribution < 1.29 is 23.5 Å². The van der Waals surface area contributed by atoms with Crippen LogP contribution in [0.2, 0.25) is 23.7 Å². The quantitative estimate of drug-likeness (QED) is 0.409. The molecule has 3 heterocycles. The van der Waals surface area contributed by atoms with Crippen LogP contribution in [0.5, 0.6) is 0 Å². The lowest BCUT2D eigenvalue weighted by molar-refractivity contribution is -0.150. The Morgan fingerprint density at radius 3 is 2.65 bits per heavy atom. The van der Waals surface area contributed by atoms with Crippen LogP contribution < -0.4 is 4.90 Å². The summed E-state index contributed by atoms with van der Waals surface area (Å²) < 4.78 is 22.6. The number of hydrogen-bond acceptors (Lipinski definition) is 4. The fourth-order valence-corrected chi connectivity index (χ4v) is 9.45. The first kappa shape index (κ1) is 26.3. The van der Waals surface area contributed by atoms with Crippen molar-refractivity contribution in [3.63, 3.8) is 0 Å². The molecule has 0 saturated carbocycles. The molecule has 3 aliphatic heterocycles. The van der Waals surface area contributed by atoms with E-state index in [0.717, 1.165) is 18.4 Å². The van der Waals surface area contributed by atoms with Gasteiger partial charge in [0.15, 0.2) is 5.60 Å². The average Bonchev–Trinajstić information content (AvgIpc) is 3.50. The standard InChI is InChI=1S/C28H34ClFN2O4Si/c1-18-26(37(2,3)30)24(15-25(34)31-13-7-10-21(31)17-33)36-28(18)22-14-20(29)11-12-23(22)32(27(28)35)16-19-8-5-4-6-9-19/h4-6,8-9,11-12,14,18,21,24,26,33H,7,10,13,15-17H2,1-3H3/t18-,21-,24+,26-,28+/m0/s1. The smallest absolute Gasteiger partial charge is 0.264 e. The maximum atomic E-state index is 16.0. The Balaban J connectivity index is 1.54. The second kappa shape index (κ2) is 9.80. The third kappa shape index (κ3) is 4.41. The Labute approximate surface area is 223 Å². The van der Waals surface area contributed by atoms with Crippen molar-refractivity contribution in [2.45, 2.75) is 69.1 Å². The highest BCUT2D eigenvalue weighted by Gasteiger charge is 2.67. The van der Waals surface area contributed by atoms with Gasteiger partial charge in [0.05, 0.1) is 37.4 Å². The van der Waals surface area contributed by atoms with Gasteiger partial charge in [0.1, 0.15) is 0 Å². The van der Waals surface area contributed by atoms with Gasteiger partial charge >= 0.3 is 0 Å². The molecule has 198 valence electrons. The summed E-state index contributed by atoms with van der Waals surface area (Å²) in [6, 6.07) is 14.8. The van der Waals surface area contributed by atoms with E-state index in [9.17, 15) is 14.7 Å². The number of anilines is 1. The minimum absolute atomic E-state index is 0.0184. The Hall–Kier alpha value is -2.26. The number of halogens is 2. The number of hydrogen-bond donors (Lipinski definition) is 1. The predicted octanol–water partition coefficient (Wildman–Crippen LogP) is 5.04. The number of aliphatic hydroxyl groups excluding tert-OH is 1. The number of aliphatic hydroxyl groups is 1. The monoisotopic (exact) mass is 544 g/mol. The number of rotatable bonds is 6. The summed E-state index contributed by atoms with van der Waals surface area (Å²) in [5.41, 5.74) is 0.323. The first-order valence-electron chi connectivity index (χ1n) is 13.0. The fourth-order valence-electron chi connectivity index (χ4n) is 6.79. The summed E-state index contributed by atoms with van der Waals surface area (Å²) in [7, 11) is -3.38. The SMILES string of the molecule is C[C@H]1[C@H]([Si](C)(C)F)[C@@H](CC(=O)N2CCC[C@H]2CO)O[C@]12C(=O)N(Cc1ccccc1)c1ccc(Cl)cc12. The van der Waals surface area contributed by atoms with Crippen molar-refractivity contribution >= 4 is 37.5 Å². The molecule has 2 aromatic rings. The number of fused-ring (bicyclic) bond motifs is 2. The zero-order valence-electron chi connectivity index (χ0n) is 21.5. The van der Waals surface area contributed by atoms with E-state index in [1.165, 1.54) is 0 Å². The second-order valence-corrected chi connectivity index (χ2v) is 15.3. The van der Waals surface area contributed by atoms with E-state index < -0.39 is 31.6 Å². The largest absolute Gasteiger partial charge is 0.394 e. The minimum Gasteiger partial charge on any atom is -0.394 e. The Kier molecular flexibility index (Phi) is 6.98. The molecule has 0 radical (unpaired) electrons. The van der Waals surface area contributed by atoms with Crippen LogP contribution in [0.1, 0.15) is 37.3 Å². The van der Waals surface area contributed by atoms with Crippen molar-refractivity contribution in [3.05, 3.63) is 64.7 Å². The number of carbonyl (C=O) groups is 2. The molecule has 1 N–H and O–H groups in total. The first-order chi connectivity index (χ1) is 17.6. The van der Waals surface area contributed by atoms with Crippen LogP contribution in [0, 0.1) is 5.92 Å². The molecule has 2 aromatic carbocycles. The fraction of sp³-hybridized carbons (Fsp3) is 0.500. The van der Waals surface area contributed by atoms with E-state index in [0.29, 0.717) is 29.4 Å². The molecule has 2 amide bonds. The number of benzene rings is 2. The molecule has 5 rings (SSSR count). The molecule has 3 aliphatic rings. The van der Waals surface area contributed by atoms with E-state index in [4.69, 9.17) is 16.3 Å². The Morgan fingerprint density at radius 1 is 1.24 bits per heavy atom. The molecule has 6 nitrogen and oxygen atoms in total. The van der Waals surface area contributed by atoms with Gasteiger partial charge in [-0.25, -0.2) is 0 Å². The van der Waals surface area contributed by atoms with Crippen LogP contribution in [0.4, 0.5) is 9.80 Å². The van der Waals surface area contributed by atoms with Crippen molar-refractivity contribution in [2.24, 2.45) is 5.92 Å². The van der Waals surface area contributed by atoms with Gasteiger partial charge in [-0.3, -0.25) is 9.59 Å². The third-order valence-electron chi connectivity index (χ3n) is 8.39. The lowest BCUT2D eigenvalue weighted by Crippen LogP contribution is -2.45. The highest BCUT2D eigenvalue weighted by Crippen LogP contribution is 2.60. The average molecular weight is 545 g/mol. The van der Waals surface area contributed by atoms with Gasteiger partial charge in [-0.05, 0) is 49.7 Å². The Morgan fingerprint density at radius 2 is 1.97 bits per heavy atom. The molecular formula is C28H34ClFN2O4Si. The normalized spacial score (nSPS) is 29.4. The van der Waals surface area contributed by atoms with E-state index in [1.807, 2.05) is 43.3 Å². The molecule has 9 heteroatoms. The van der Waals surface area contributed by atoms with Gasteiger partial charge in [-0.15, -0.1) is 0 Å². The third-order valence-corrected chi connectivity index (χ3v) is 11.1. The minimum atomic E-state index is -3.38. The van der Waals surface area contributed by atoms with Crippen molar-refractivity contribution in [1.29, 1.82) is 0 Å². The van der Waals surface area contributed by atoms with E-state index in [2.05, 4.69) is 0 Å². The summed E-state index contributed by atoms with van der Waals surface area (Å²) >= 11 is 6.42. The van der Waals surface area contributed by atoms with Crippen molar-refractivity contribution in [2.75, 3.05) is 18.1 Å². The molecule has 1 spiro atoms. The summed E-state index contributed by atoms with van der Waals surface area (Å²) in [4.78, 5) is 31.0. The van der Waals surface area contributed by atoms with E-state index >= 15 is 4.11 Å². The van der Waals surface area contributed by atoms with Crippen LogP contribution >= 0.6 is 11.6 Å². The molecule has 0 aromatic heterocycles. The molecule has 5 atom stereocenters.